The molecule has 1 aliphatic carbocycles. The highest BCUT2D eigenvalue weighted by Crippen LogP contribution is 2.30. The molecule has 2 fully saturated rings. The van der Waals surface area contributed by atoms with Crippen LogP contribution in [0.3, 0.4) is 0 Å². The summed E-state index contributed by atoms with van der Waals surface area (Å²) in [5, 5.41) is 11.4. The van der Waals surface area contributed by atoms with Gasteiger partial charge in [-0.05, 0) is 62.1 Å². The van der Waals surface area contributed by atoms with Crippen LogP contribution in [0.4, 0.5) is 0 Å². The molecule has 2 aliphatic rings. The van der Waals surface area contributed by atoms with E-state index >= 15 is 0 Å². The molecule has 1 amide bonds. The van der Waals surface area contributed by atoms with Crippen LogP contribution in [-0.4, -0.2) is 55.2 Å². The Balaban J connectivity index is 1.60. The molecule has 0 bridgehead atoms. The molecule has 0 unspecified atom stereocenters. The summed E-state index contributed by atoms with van der Waals surface area (Å²) in [6.45, 7) is 5.68. The number of sulfonamides is 1. The van der Waals surface area contributed by atoms with E-state index in [1.54, 1.807) is 24.3 Å². The molecule has 1 aromatic carbocycles. The molecule has 1 saturated heterocycles. The first-order chi connectivity index (χ1) is 14.3. The quantitative estimate of drug-likeness (QED) is 0.658. The van der Waals surface area contributed by atoms with Crippen molar-refractivity contribution in [2.24, 2.45) is 5.92 Å². The first kappa shape index (κ1) is 22.6. The molecule has 1 aliphatic heterocycles. The minimum atomic E-state index is -3.73. The summed E-state index contributed by atoms with van der Waals surface area (Å²) >= 11 is 0. The third kappa shape index (κ3) is 5.14. The standard InChI is InChI=1S/C22H34N4O3S/c1-3-4-21(27)24-14-13-18-7-11-20(12-8-18)30(28,29)26-16-15-25(22(26)23)19-9-5-17(2)6-10-19/h7-8,11-12,17,19,23H,3-6,9-10,13-16H2,1-2H3,(H,24,27). The van der Waals surface area contributed by atoms with Gasteiger partial charge in [0.15, 0.2) is 0 Å². The Kier molecular flexibility index (Phi) is 7.39. The second kappa shape index (κ2) is 9.81. The molecule has 1 aromatic rings. The van der Waals surface area contributed by atoms with Crippen LogP contribution in [0, 0.1) is 11.3 Å². The predicted molar refractivity (Wildman–Crippen MR) is 118 cm³/mol. The molecule has 30 heavy (non-hydrogen) atoms. The van der Waals surface area contributed by atoms with Gasteiger partial charge in [0.05, 0.1) is 11.4 Å². The lowest BCUT2D eigenvalue weighted by atomic mass is 9.87. The van der Waals surface area contributed by atoms with Gasteiger partial charge >= 0.3 is 0 Å². The summed E-state index contributed by atoms with van der Waals surface area (Å²) in [5.41, 5.74) is 0.972. The fourth-order valence-corrected chi connectivity index (χ4v) is 5.70. The Morgan fingerprint density at radius 2 is 1.80 bits per heavy atom. The molecule has 7 nitrogen and oxygen atoms in total. The van der Waals surface area contributed by atoms with E-state index in [2.05, 4.69) is 12.2 Å². The van der Waals surface area contributed by atoms with E-state index in [0.29, 0.717) is 32.5 Å². The third-order valence-corrected chi connectivity index (χ3v) is 8.01. The number of guanidine groups is 1. The van der Waals surface area contributed by atoms with Gasteiger partial charge in [0.25, 0.3) is 10.0 Å². The Labute approximate surface area is 180 Å². The zero-order chi connectivity index (χ0) is 21.7. The average molecular weight is 435 g/mol. The maximum atomic E-state index is 13.1. The number of nitrogens with zero attached hydrogens (tertiary/aromatic N) is 2. The van der Waals surface area contributed by atoms with Gasteiger partial charge in [0.1, 0.15) is 0 Å². The van der Waals surface area contributed by atoms with Crippen molar-refractivity contribution in [3.8, 4) is 0 Å². The van der Waals surface area contributed by atoms with Crippen molar-refractivity contribution in [1.82, 2.24) is 14.5 Å². The van der Waals surface area contributed by atoms with Crippen LogP contribution in [-0.2, 0) is 21.2 Å². The van der Waals surface area contributed by atoms with Gasteiger partial charge in [0, 0.05) is 25.6 Å². The van der Waals surface area contributed by atoms with Crippen molar-refractivity contribution in [2.75, 3.05) is 19.6 Å². The SMILES string of the molecule is CCCC(=O)NCCc1ccc(S(=O)(=O)N2CCN(C3CCC(C)CC3)C2=N)cc1. The summed E-state index contributed by atoms with van der Waals surface area (Å²) in [7, 11) is -3.73. The number of amides is 1. The van der Waals surface area contributed by atoms with Gasteiger partial charge < -0.3 is 10.2 Å². The van der Waals surface area contributed by atoms with Crippen LogP contribution in [0.1, 0.15) is 57.9 Å². The Morgan fingerprint density at radius 1 is 1.13 bits per heavy atom. The van der Waals surface area contributed by atoms with Crippen LogP contribution in [0.2, 0.25) is 0 Å². The van der Waals surface area contributed by atoms with Crippen molar-refractivity contribution in [1.29, 1.82) is 5.41 Å². The van der Waals surface area contributed by atoms with E-state index in [1.807, 2.05) is 11.8 Å². The van der Waals surface area contributed by atoms with Gasteiger partial charge in [0.2, 0.25) is 11.9 Å². The lowest BCUT2D eigenvalue weighted by molar-refractivity contribution is -0.121. The summed E-state index contributed by atoms with van der Waals surface area (Å²) < 4.78 is 27.5. The summed E-state index contributed by atoms with van der Waals surface area (Å²) in [4.78, 5) is 13.7. The summed E-state index contributed by atoms with van der Waals surface area (Å²) in [6, 6.07) is 7.07. The maximum Gasteiger partial charge on any atom is 0.266 e. The fourth-order valence-electron chi connectivity index (χ4n) is 4.31. The van der Waals surface area contributed by atoms with Crippen LogP contribution in [0.25, 0.3) is 0 Å². The minimum Gasteiger partial charge on any atom is -0.356 e. The van der Waals surface area contributed by atoms with Crippen molar-refractivity contribution in [3.05, 3.63) is 29.8 Å². The molecule has 166 valence electrons. The number of nitrogens with one attached hydrogen (secondary N) is 2. The number of hydrogen-bond donors (Lipinski definition) is 2. The zero-order valence-electron chi connectivity index (χ0n) is 18.1. The number of carbonyl (C=O) groups is 1. The Morgan fingerprint density at radius 3 is 2.43 bits per heavy atom. The number of rotatable bonds is 8. The van der Waals surface area contributed by atoms with Crippen LogP contribution >= 0.6 is 0 Å². The molecular formula is C22H34N4O3S. The summed E-state index contributed by atoms with van der Waals surface area (Å²) in [6.07, 6.45) is 6.34. The van der Waals surface area contributed by atoms with Crippen LogP contribution in [0.15, 0.2) is 29.2 Å². The molecule has 1 heterocycles. The van der Waals surface area contributed by atoms with E-state index in [0.717, 1.165) is 43.6 Å². The van der Waals surface area contributed by atoms with E-state index < -0.39 is 10.0 Å². The van der Waals surface area contributed by atoms with Crippen molar-refractivity contribution < 1.29 is 13.2 Å². The number of carbonyl (C=O) groups excluding carboxylic acids is 1. The van der Waals surface area contributed by atoms with Gasteiger partial charge in [-0.25, -0.2) is 12.7 Å². The zero-order valence-corrected chi connectivity index (χ0v) is 18.9. The third-order valence-electron chi connectivity index (χ3n) is 6.20. The number of hydrogen-bond acceptors (Lipinski definition) is 4. The van der Waals surface area contributed by atoms with E-state index in [1.165, 1.54) is 4.31 Å². The first-order valence-corrected chi connectivity index (χ1v) is 12.5. The smallest absolute Gasteiger partial charge is 0.266 e. The second-order valence-corrected chi connectivity index (χ2v) is 10.4. The minimum absolute atomic E-state index is 0.0428. The highest BCUT2D eigenvalue weighted by atomic mass is 32.2. The molecule has 2 N–H and O–H groups in total. The molecule has 0 radical (unpaired) electrons. The first-order valence-electron chi connectivity index (χ1n) is 11.1. The van der Waals surface area contributed by atoms with Crippen molar-refractivity contribution >= 4 is 21.9 Å². The van der Waals surface area contributed by atoms with E-state index in [9.17, 15) is 13.2 Å². The van der Waals surface area contributed by atoms with Gasteiger partial charge in [-0.3, -0.25) is 10.2 Å². The second-order valence-electron chi connectivity index (χ2n) is 8.50. The lowest BCUT2D eigenvalue weighted by Gasteiger charge is -2.34. The molecule has 3 rings (SSSR count). The predicted octanol–water partition coefficient (Wildman–Crippen LogP) is 2.97. The van der Waals surface area contributed by atoms with Crippen LogP contribution < -0.4 is 5.32 Å². The van der Waals surface area contributed by atoms with Gasteiger partial charge in [-0.1, -0.05) is 26.0 Å². The fraction of sp³-hybridized carbons (Fsp3) is 0.636. The monoisotopic (exact) mass is 434 g/mol. The largest absolute Gasteiger partial charge is 0.356 e. The van der Waals surface area contributed by atoms with Gasteiger partial charge in [-0.2, -0.15) is 0 Å². The molecule has 1 saturated carbocycles. The van der Waals surface area contributed by atoms with E-state index in [4.69, 9.17) is 5.41 Å². The number of benzene rings is 1. The molecule has 8 heteroatoms. The van der Waals surface area contributed by atoms with Gasteiger partial charge in [-0.15, -0.1) is 0 Å². The van der Waals surface area contributed by atoms with Crippen molar-refractivity contribution in [3.63, 3.8) is 0 Å². The highest BCUT2D eigenvalue weighted by Gasteiger charge is 2.38. The Hall–Kier alpha value is -2.09. The Bertz CT molecular complexity index is 846. The molecule has 0 atom stereocenters. The topological polar surface area (TPSA) is 93.6 Å². The molecule has 0 spiro atoms. The maximum absolute atomic E-state index is 13.1. The lowest BCUT2D eigenvalue weighted by Crippen LogP contribution is -2.43. The van der Waals surface area contributed by atoms with E-state index in [-0.39, 0.29) is 22.8 Å². The molecular weight excluding hydrogens is 400 g/mol. The molecule has 0 aromatic heterocycles. The van der Waals surface area contributed by atoms with Crippen LogP contribution in [0.5, 0.6) is 0 Å². The average Bonchev–Trinajstić information content (AvgIpc) is 3.11. The normalized spacial score (nSPS) is 22.4. The highest BCUT2D eigenvalue weighted by molar-refractivity contribution is 7.89. The van der Waals surface area contributed by atoms with Crippen molar-refractivity contribution in [2.45, 2.75) is 69.7 Å². The summed E-state index contributed by atoms with van der Waals surface area (Å²) in [5.74, 6) is 0.870.